The van der Waals surface area contributed by atoms with E-state index in [0.717, 1.165) is 30.6 Å². The Labute approximate surface area is 117 Å². The second kappa shape index (κ2) is 6.90. The van der Waals surface area contributed by atoms with E-state index in [1.165, 1.54) is 0 Å². The maximum absolute atomic E-state index is 14.1. The summed E-state index contributed by atoms with van der Waals surface area (Å²) in [6.45, 7) is 10.1. The van der Waals surface area contributed by atoms with Gasteiger partial charge in [-0.05, 0) is 45.4 Å². The molecule has 0 fully saturated rings. The highest BCUT2D eigenvalue weighted by molar-refractivity contribution is 5.55. The van der Waals surface area contributed by atoms with E-state index in [4.69, 9.17) is 0 Å². The van der Waals surface area contributed by atoms with E-state index in [-0.39, 0.29) is 11.4 Å². The summed E-state index contributed by atoms with van der Waals surface area (Å²) in [6, 6.07) is 5.33. The summed E-state index contributed by atoms with van der Waals surface area (Å²) in [6.07, 6.45) is 2.07. The molecule has 0 amide bonds. The summed E-state index contributed by atoms with van der Waals surface area (Å²) in [5.74, 6) is -0.125. The van der Waals surface area contributed by atoms with E-state index in [0.29, 0.717) is 6.54 Å². The average Bonchev–Trinajstić information content (AvgIpc) is 2.40. The SMILES string of the molecule is CCCNCc1c(F)cccc1N(C)C(C)(C)CC. The number of hydrogen-bond donors (Lipinski definition) is 1. The number of halogens is 1. The summed E-state index contributed by atoms with van der Waals surface area (Å²) >= 11 is 0. The Morgan fingerprint density at radius 1 is 1.26 bits per heavy atom. The van der Waals surface area contributed by atoms with Gasteiger partial charge in [-0.25, -0.2) is 4.39 Å². The van der Waals surface area contributed by atoms with Gasteiger partial charge in [0.2, 0.25) is 0 Å². The Balaban J connectivity index is 3.02. The molecular weight excluding hydrogens is 239 g/mol. The molecule has 1 aromatic rings. The molecule has 1 N–H and O–H groups in total. The van der Waals surface area contributed by atoms with Crippen LogP contribution in [0.25, 0.3) is 0 Å². The van der Waals surface area contributed by atoms with Crippen molar-refractivity contribution in [2.75, 3.05) is 18.5 Å². The zero-order chi connectivity index (χ0) is 14.5. The molecule has 0 saturated carbocycles. The molecule has 0 aliphatic carbocycles. The molecule has 0 aromatic heterocycles. The lowest BCUT2D eigenvalue weighted by atomic mass is 9.97. The highest BCUT2D eigenvalue weighted by Gasteiger charge is 2.24. The largest absolute Gasteiger partial charge is 0.369 e. The van der Waals surface area contributed by atoms with Crippen LogP contribution in [0.1, 0.15) is 46.1 Å². The second-order valence-electron chi connectivity index (χ2n) is 5.64. The quantitative estimate of drug-likeness (QED) is 0.752. The van der Waals surface area contributed by atoms with Crippen LogP contribution >= 0.6 is 0 Å². The van der Waals surface area contributed by atoms with Crippen molar-refractivity contribution in [3.8, 4) is 0 Å². The first kappa shape index (κ1) is 16.0. The number of anilines is 1. The van der Waals surface area contributed by atoms with E-state index < -0.39 is 0 Å². The predicted molar refractivity (Wildman–Crippen MR) is 81.2 cm³/mol. The van der Waals surface area contributed by atoms with Gasteiger partial charge in [-0.3, -0.25) is 0 Å². The van der Waals surface area contributed by atoms with Gasteiger partial charge in [-0.1, -0.05) is 19.9 Å². The molecule has 0 aliphatic rings. The molecule has 0 aliphatic heterocycles. The van der Waals surface area contributed by atoms with Crippen molar-refractivity contribution in [3.05, 3.63) is 29.6 Å². The average molecular weight is 266 g/mol. The molecule has 2 nitrogen and oxygen atoms in total. The smallest absolute Gasteiger partial charge is 0.129 e. The van der Waals surface area contributed by atoms with Gasteiger partial charge in [0.25, 0.3) is 0 Å². The monoisotopic (exact) mass is 266 g/mol. The van der Waals surface area contributed by atoms with Crippen molar-refractivity contribution >= 4 is 5.69 Å². The van der Waals surface area contributed by atoms with E-state index in [1.807, 2.05) is 13.1 Å². The van der Waals surface area contributed by atoms with Crippen molar-refractivity contribution in [3.63, 3.8) is 0 Å². The predicted octanol–water partition coefficient (Wildman–Crippen LogP) is 3.95. The first-order valence-electron chi connectivity index (χ1n) is 7.16. The topological polar surface area (TPSA) is 15.3 Å². The second-order valence-corrected chi connectivity index (χ2v) is 5.64. The lowest BCUT2D eigenvalue weighted by Crippen LogP contribution is -2.41. The van der Waals surface area contributed by atoms with E-state index in [1.54, 1.807) is 12.1 Å². The van der Waals surface area contributed by atoms with Gasteiger partial charge < -0.3 is 10.2 Å². The van der Waals surface area contributed by atoms with E-state index in [2.05, 4.69) is 37.9 Å². The third-order valence-electron chi connectivity index (χ3n) is 3.96. The number of nitrogens with zero attached hydrogens (tertiary/aromatic N) is 1. The van der Waals surface area contributed by atoms with Crippen molar-refractivity contribution < 1.29 is 4.39 Å². The highest BCUT2D eigenvalue weighted by Crippen LogP contribution is 2.29. The third-order valence-corrected chi connectivity index (χ3v) is 3.96. The van der Waals surface area contributed by atoms with Gasteiger partial charge >= 0.3 is 0 Å². The molecule has 3 heteroatoms. The first-order chi connectivity index (χ1) is 8.94. The molecule has 0 unspecified atom stereocenters. The highest BCUT2D eigenvalue weighted by atomic mass is 19.1. The number of nitrogens with one attached hydrogen (secondary N) is 1. The molecule has 0 saturated heterocycles. The van der Waals surface area contributed by atoms with Crippen molar-refractivity contribution in [2.24, 2.45) is 0 Å². The third kappa shape index (κ3) is 3.93. The summed E-state index contributed by atoms with van der Waals surface area (Å²) in [5.41, 5.74) is 1.77. The first-order valence-corrected chi connectivity index (χ1v) is 7.16. The molecule has 0 radical (unpaired) electrons. The summed E-state index contributed by atoms with van der Waals surface area (Å²) < 4.78 is 14.1. The van der Waals surface area contributed by atoms with Crippen molar-refractivity contribution in [1.29, 1.82) is 0 Å². The van der Waals surface area contributed by atoms with Crippen LogP contribution in [0, 0.1) is 5.82 Å². The van der Waals surface area contributed by atoms with E-state index in [9.17, 15) is 4.39 Å². The zero-order valence-electron chi connectivity index (χ0n) is 12.9. The minimum atomic E-state index is -0.125. The maximum Gasteiger partial charge on any atom is 0.129 e. The van der Waals surface area contributed by atoms with Gasteiger partial charge in [0.15, 0.2) is 0 Å². The van der Waals surface area contributed by atoms with Crippen LogP contribution in [-0.2, 0) is 6.54 Å². The Kier molecular flexibility index (Phi) is 5.80. The fourth-order valence-electron chi connectivity index (χ4n) is 1.99. The van der Waals surface area contributed by atoms with Crippen LogP contribution in [-0.4, -0.2) is 19.1 Å². The van der Waals surface area contributed by atoms with E-state index >= 15 is 0 Å². The van der Waals surface area contributed by atoms with Gasteiger partial charge in [-0.15, -0.1) is 0 Å². The van der Waals surface area contributed by atoms with Crippen LogP contribution < -0.4 is 10.2 Å². The molecule has 0 atom stereocenters. The fourth-order valence-corrected chi connectivity index (χ4v) is 1.99. The fraction of sp³-hybridized carbons (Fsp3) is 0.625. The molecule has 0 spiro atoms. The summed E-state index contributed by atoms with van der Waals surface area (Å²) in [7, 11) is 2.04. The molecule has 1 rings (SSSR count). The van der Waals surface area contributed by atoms with Crippen molar-refractivity contribution in [2.45, 2.75) is 52.6 Å². The molecule has 0 bridgehead atoms. The zero-order valence-corrected chi connectivity index (χ0v) is 12.9. The molecular formula is C16H27FN2. The standard InChI is InChI=1S/C16H27FN2/c1-6-11-18-12-13-14(17)9-8-10-15(13)19(5)16(3,4)7-2/h8-10,18H,6-7,11-12H2,1-5H3. The lowest BCUT2D eigenvalue weighted by molar-refractivity contribution is 0.467. The maximum atomic E-state index is 14.1. The number of rotatable bonds is 7. The van der Waals surface area contributed by atoms with Gasteiger partial charge in [0, 0.05) is 30.4 Å². The Morgan fingerprint density at radius 2 is 1.95 bits per heavy atom. The Bertz CT molecular complexity index is 402. The molecule has 1 aromatic carbocycles. The van der Waals surface area contributed by atoms with Crippen LogP contribution in [0.5, 0.6) is 0 Å². The minimum Gasteiger partial charge on any atom is -0.369 e. The van der Waals surface area contributed by atoms with Gasteiger partial charge in [0.1, 0.15) is 5.82 Å². The summed E-state index contributed by atoms with van der Waals surface area (Å²) in [4.78, 5) is 2.18. The summed E-state index contributed by atoms with van der Waals surface area (Å²) in [5, 5.41) is 3.29. The minimum absolute atomic E-state index is 0.0211. The van der Waals surface area contributed by atoms with Crippen molar-refractivity contribution in [1.82, 2.24) is 5.32 Å². The van der Waals surface area contributed by atoms with Crippen LogP contribution in [0.15, 0.2) is 18.2 Å². The molecule has 0 heterocycles. The van der Waals surface area contributed by atoms with Gasteiger partial charge in [-0.2, -0.15) is 0 Å². The Hall–Kier alpha value is -1.09. The van der Waals surface area contributed by atoms with Crippen LogP contribution in [0.3, 0.4) is 0 Å². The number of hydrogen-bond acceptors (Lipinski definition) is 2. The van der Waals surface area contributed by atoms with Crippen LogP contribution in [0.2, 0.25) is 0 Å². The number of benzene rings is 1. The molecule has 108 valence electrons. The normalized spacial score (nSPS) is 11.7. The van der Waals surface area contributed by atoms with Crippen LogP contribution in [0.4, 0.5) is 10.1 Å². The van der Waals surface area contributed by atoms with Gasteiger partial charge in [0.05, 0.1) is 0 Å². The Morgan fingerprint density at radius 3 is 2.53 bits per heavy atom. The lowest BCUT2D eigenvalue weighted by Gasteiger charge is -2.38. The molecule has 19 heavy (non-hydrogen) atoms.